The van der Waals surface area contributed by atoms with E-state index in [1.54, 1.807) is 5.38 Å². The molecule has 0 bridgehead atoms. The van der Waals surface area contributed by atoms with E-state index in [0.717, 1.165) is 50.5 Å². The first-order valence-corrected chi connectivity index (χ1v) is 12.8. The van der Waals surface area contributed by atoms with Crippen molar-refractivity contribution in [3.63, 3.8) is 0 Å². The molecule has 0 unspecified atom stereocenters. The van der Waals surface area contributed by atoms with E-state index in [0.29, 0.717) is 50.1 Å². The zero-order chi connectivity index (χ0) is 23.8. The highest BCUT2D eigenvalue weighted by atomic mass is 32.1. The number of piperazine rings is 1. The first-order valence-electron chi connectivity index (χ1n) is 11.9. The number of rotatable bonds is 9. The second-order valence-electron chi connectivity index (χ2n) is 8.76. The van der Waals surface area contributed by atoms with Gasteiger partial charge in [0.15, 0.2) is 5.13 Å². The second-order valence-corrected chi connectivity index (χ2v) is 9.62. The SMILES string of the molecule is Cc1cccc(Nc2nc(C(=O)N3CCN(CC(=O)NCCCN4CCOCC4)CC3)cs2)c1. The third-order valence-electron chi connectivity index (χ3n) is 6.10. The lowest BCUT2D eigenvalue weighted by Crippen LogP contribution is -2.51. The van der Waals surface area contributed by atoms with Gasteiger partial charge in [0.25, 0.3) is 5.91 Å². The highest BCUT2D eigenvalue weighted by molar-refractivity contribution is 7.14. The fraction of sp³-hybridized carbons (Fsp3) is 0.542. The molecule has 3 heterocycles. The Morgan fingerprint density at radius 1 is 1.09 bits per heavy atom. The number of hydrogen-bond acceptors (Lipinski definition) is 8. The summed E-state index contributed by atoms with van der Waals surface area (Å²) in [5.41, 5.74) is 2.59. The van der Waals surface area contributed by atoms with Crippen molar-refractivity contribution in [2.24, 2.45) is 0 Å². The molecule has 0 aliphatic carbocycles. The molecular weight excluding hydrogens is 452 g/mol. The van der Waals surface area contributed by atoms with E-state index in [9.17, 15) is 9.59 Å². The Morgan fingerprint density at radius 2 is 1.88 bits per heavy atom. The van der Waals surface area contributed by atoms with Crippen LogP contribution >= 0.6 is 11.3 Å². The smallest absolute Gasteiger partial charge is 0.273 e. The lowest BCUT2D eigenvalue weighted by atomic mass is 10.2. The Kier molecular flexibility index (Phi) is 8.86. The Morgan fingerprint density at radius 3 is 2.65 bits per heavy atom. The molecular formula is C24H34N6O3S. The summed E-state index contributed by atoms with van der Waals surface area (Å²) in [6.07, 6.45) is 0.947. The number of aryl methyl sites for hydroxylation is 1. The summed E-state index contributed by atoms with van der Waals surface area (Å²) in [5, 5.41) is 8.80. The van der Waals surface area contributed by atoms with E-state index in [1.807, 2.05) is 36.1 Å². The quantitative estimate of drug-likeness (QED) is 0.523. The summed E-state index contributed by atoms with van der Waals surface area (Å²) in [5.74, 6) is -0.00567. The predicted molar refractivity (Wildman–Crippen MR) is 134 cm³/mol. The molecule has 1 aromatic heterocycles. The van der Waals surface area contributed by atoms with Crippen molar-refractivity contribution >= 4 is 34.0 Å². The number of ether oxygens (including phenoxy) is 1. The molecule has 0 spiro atoms. The van der Waals surface area contributed by atoms with Crippen LogP contribution in [0.15, 0.2) is 29.6 Å². The largest absolute Gasteiger partial charge is 0.379 e. The molecule has 2 fully saturated rings. The summed E-state index contributed by atoms with van der Waals surface area (Å²) < 4.78 is 5.36. The zero-order valence-corrected chi connectivity index (χ0v) is 20.6. The molecule has 184 valence electrons. The number of anilines is 2. The minimum Gasteiger partial charge on any atom is -0.379 e. The Bertz CT molecular complexity index is 954. The van der Waals surface area contributed by atoms with Gasteiger partial charge in [0, 0.05) is 56.9 Å². The van der Waals surface area contributed by atoms with E-state index in [-0.39, 0.29) is 11.8 Å². The molecule has 34 heavy (non-hydrogen) atoms. The standard InChI is InChI=1S/C24H34N6O3S/c1-19-4-2-5-20(16-19)26-24-27-21(18-34-24)23(32)30-10-8-29(9-11-30)17-22(31)25-6-3-7-28-12-14-33-15-13-28/h2,4-5,16,18H,3,6-15,17H2,1H3,(H,25,31)(H,26,27). The van der Waals surface area contributed by atoms with Crippen molar-refractivity contribution in [2.75, 3.05) is 77.4 Å². The van der Waals surface area contributed by atoms with Gasteiger partial charge in [-0.1, -0.05) is 12.1 Å². The number of carbonyl (C=O) groups excluding carboxylic acids is 2. The molecule has 0 atom stereocenters. The number of morpholine rings is 1. The van der Waals surface area contributed by atoms with E-state index in [4.69, 9.17) is 4.74 Å². The molecule has 2 amide bonds. The van der Waals surface area contributed by atoms with Crippen molar-refractivity contribution in [1.82, 2.24) is 25.0 Å². The average molecular weight is 487 g/mol. The van der Waals surface area contributed by atoms with Gasteiger partial charge in [-0.3, -0.25) is 19.4 Å². The van der Waals surface area contributed by atoms with Crippen LogP contribution in [0.5, 0.6) is 0 Å². The molecule has 9 nitrogen and oxygen atoms in total. The molecule has 4 rings (SSSR count). The van der Waals surface area contributed by atoms with Crippen LogP contribution in [-0.4, -0.2) is 104 Å². The maximum Gasteiger partial charge on any atom is 0.273 e. The molecule has 2 N–H and O–H groups in total. The summed E-state index contributed by atoms with van der Waals surface area (Å²) in [6, 6.07) is 8.05. The van der Waals surface area contributed by atoms with Crippen LogP contribution in [0.1, 0.15) is 22.5 Å². The lowest BCUT2D eigenvalue weighted by Gasteiger charge is -2.34. The third-order valence-corrected chi connectivity index (χ3v) is 6.85. The van der Waals surface area contributed by atoms with Gasteiger partial charge in [-0.15, -0.1) is 11.3 Å². The molecule has 10 heteroatoms. The number of amides is 2. The minimum atomic E-state index is -0.0549. The second kappa shape index (κ2) is 12.3. The van der Waals surface area contributed by atoms with Gasteiger partial charge in [0.1, 0.15) is 5.69 Å². The van der Waals surface area contributed by atoms with Gasteiger partial charge >= 0.3 is 0 Å². The third kappa shape index (κ3) is 7.23. The Labute approximate surface area is 205 Å². The number of thiazole rings is 1. The number of hydrogen-bond donors (Lipinski definition) is 2. The highest BCUT2D eigenvalue weighted by Gasteiger charge is 2.25. The van der Waals surface area contributed by atoms with Crippen LogP contribution in [0.25, 0.3) is 0 Å². The van der Waals surface area contributed by atoms with Crippen LogP contribution in [0, 0.1) is 6.92 Å². The van der Waals surface area contributed by atoms with E-state index >= 15 is 0 Å². The van der Waals surface area contributed by atoms with Gasteiger partial charge in [-0.25, -0.2) is 4.98 Å². The van der Waals surface area contributed by atoms with Crippen molar-refractivity contribution in [1.29, 1.82) is 0 Å². The fourth-order valence-electron chi connectivity index (χ4n) is 4.16. The fourth-order valence-corrected chi connectivity index (χ4v) is 4.87. The summed E-state index contributed by atoms with van der Waals surface area (Å²) in [4.78, 5) is 36.0. The van der Waals surface area contributed by atoms with Crippen molar-refractivity contribution < 1.29 is 14.3 Å². The van der Waals surface area contributed by atoms with Crippen molar-refractivity contribution in [2.45, 2.75) is 13.3 Å². The highest BCUT2D eigenvalue weighted by Crippen LogP contribution is 2.22. The first-order chi connectivity index (χ1) is 16.6. The van der Waals surface area contributed by atoms with E-state index < -0.39 is 0 Å². The van der Waals surface area contributed by atoms with E-state index in [2.05, 4.69) is 25.4 Å². The lowest BCUT2D eigenvalue weighted by molar-refractivity contribution is -0.122. The molecule has 2 saturated heterocycles. The Hall–Kier alpha value is -2.53. The maximum absolute atomic E-state index is 12.9. The number of nitrogens with one attached hydrogen (secondary N) is 2. The van der Waals surface area contributed by atoms with Gasteiger partial charge in [-0.05, 0) is 37.6 Å². The predicted octanol–water partition coefficient (Wildman–Crippen LogP) is 1.79. The number of aromatic nitrogens is 1. The molecule has 0 saturated carbocycles. The number of benzene rings is 1. The number of nitrogens with zero attached hydrogens (tertiary/aromatic N) is 4. The normalized spacial score (nSPS) is 17.5. The Balaban J connectivity index is 1.14. The summed E-state index contributed by atoms with van der Waals surface area (Å²) >= 11 is 1.43. The molecule has 2 aliphatic rings. The van der Waals surface area contributed by atoms with Crippen LogP contribution < -0.4 is 10.6 Å². The monoisotopic (exact) mass is 486 g/mol. The van der Waals surface area contributed by atoms with Gasteiger partial charge in [-0.2, -0.15) is 0 Å². The van der Waals surface area contributed by atoms with Crippen LogP contribution in [-0.2, 0) is 9.53 Å². The zero-order valence-electron chi connectivity index (χ0n) is 19.8. The molecule has 2 aromatic rings. The first kappa shape index (κ1) is 24.6. The van der Waals surface area contributed by atoms with Gasteiger partial charge in [0.2, 0.25) is 5.91 Å². The molecule has 0 radical (unpaired) electrons. The van der Waals surface area contributed by atoms with Crippen LogP contribution in [0.3, 0.4) is 0 Å². The van der Waals surface area contributed by atoms with Crippen LogP contribution in [0.2, 0.25) is 0 Å². The summed E-state index contributed by atoms with van der Waals surface area (Å²) in [7, 11) is 0. The molecule has 1 aromatic carbocycles. The average Bonchev–Trinajstić information content (AvgIpc) is 3.31. The summed E-state index contributed by atoms with van der Waals surface area (Å²) in [6.45, 7) is 10.2. The maximum atomic E-state index is 12.9. The topological polar surface area (TPSA) is 90.0 Å². The van der Waals surface area contributed by atoms with Crippen molar-refractivity contribution in [3.8, 4) is 0 Å². The van der Waals surface area contributed by atoms with Crippen molar-refractivity contribution in [3.05, 3.63) is 40.9 Å². The number of carbonyl (C=O) groups is 2. The van der Waals surface area contributed by atoms with E-state index in [1.165, 1.54) is 11.3 Å². The van der Waals surface area contributed by atoms with Gasteiger partial charge in [0.05, 0.1) is 19.8 Å². The van der Waals surface area contributed by atoms with Crippen LogP contribution in [0.4, 0.5) is 10.8 Å². The minimum absolute atomic E-state index is 0.0492. The van der Waals surface area contributed by atoms with Gasteiger partial charge < -0.3 is 20.3 Å². The molecule has 2 aliphatic heterocycles.